The third-order valence-electron chi connectivity index (χ3n) is 1.50. The van der Waals surface area contributed by atoms with E-state index in [4.69, 9.17) is 0 Å². The summed E-state index contributed by atoms with van der Waals surface area (Å²) in [6.45, 7) is 7.64. The van der Waals surface area contributed by atoms with Gasteiger partial charge in [-0.25, -0.2) is 12.1 Å². The van der Waals surface area contributed by atoms with Crippen LogP contribution >= 0.6 is 0 Å². The molecule has 3 heteroatoms. The molecule has 85 valence electrons. The average Bonchev–Trinajstić information content (AvgIpc) is 2.33. The quantitative estimate of drug-likeness (QED) is 0.461. The van der Waals surface area contributed by atoms with E-state index in [1.54, 1.807) is 31.7 Å². The number of hydrogen-bond donors (Lipinski definition) is 0. The Bertz CT molecular complexity index is 329. The fourth-order valence-corrected chi connectivity index (χ4v) is 0.963. The maximum atomic E-state index is 3.98. The zero-order valence-corrected chi connectivity index (χ0v) is 11.4. The van der Waals surface area contributed by atoms with Crippen molar-refractivity contribution in [2.24, 2.45) is 4.99 Å². The Balaban J connectivity index is 0. The molecule has 1 aromatic rings. The van der Waals surface area contributed by atoms with Gasteiger partial charge in [-0.1, -0.05) is 44.3 Å². The standard InChI is InChI=1S/C11H11N2.C2H6.V/c1-3-5-10(8-12-2)11-6-4-7-13-9-11;1-2;/h3,5-9H,1H2,2H3;1-2H3;/q-1;;/b10-5+,12-8?;;. The van der Waals surface area contributed by atoms with Crippen molar-refractivity contribution in [2.45, 2.75) is 13.8 Å². The molecule has 0 aliphatic heterocycles. The van der Waals surface area contributed by atoms with E-state index in [-0.39, 0.29) is 18.6 Å². The molecule has 0 spiro atoms. The van der Waals surface area contributed by atoms with E-state index >= 15 is 0 Å². The van der Waals surface area contributed by atoms with Crippen molar-refractivity contribution < 1.29 is 18.6 Å². The third kappa shape index (κ3) is 6.38. The van der Waals surface area contributed by atoms with Crippen LogP contribution in [0.4, 0.5) is 0 Å². The molecule has 0 aliphatic rings. The van der Waals surface area contributed by atoms with E-state index in [0.717, 1.165) is 11.1 Å². The van der Waals surface area contributed by atoms with Gasteiger partial charge in [-0.2, -0.15) is 0 Å². The zero-order chi connectivity index (χ0) is 11.5. The van der Waals surface area contributed by atoms with Crippen LogP contribution in [0.3, 0.4) is 0 Å². The number of pyridine rings is 1. The summed E-state index contributed by atoms with van der Waals surface area (Å²) < 4.78 is 0. The largest absolute Gasteiger partial charge is 0.303 e. The van der Waals surface area contributed by atoms with Gasteiger partial charge < -0.3 is 4.98 Å². The summed E-state index contributed by atoms with van der Waals surface area (Å²) in [7, 11) is 1.73. The molecule has 1 heterocycles. The topological polar surface area (TPSA) is 25.2 Å². The van der Waals surface area contributed by atoms with E-state index < -0.39 is 0 Å². The maximum absolute atomic E-state index is 3.98. The number of hydrogen-bond acceptors (Lipinski definition) is 2. The summed E-state index contributed by atoms with van der Waals surface area (Å²) in [5, 5.41) is 0. The molecule has 0 bridgehead atoms. The van der Waals surface area contributed by atoms with Crippen molar-refractivity contribution in [3.05, 3.63) is 48.8 Å². The van der Waals surface area contributed by atoms with E-state index in [2.05, 4.69) is 22.6 Å². The molecular formula is C13H17N2V-. The molecule has 16 heavy (non-hydrogen) atoms. The summed E-state index contributed by atoms with van der Waals surface area (Å²) in [6, 6.07) is 4.78. The summed E-state index contributed by atoms with van der Waals surface area (Å²) >= 11 is 0. The van der Waals surface area contributed by atoms with Gasteiger partial charge in [0.2, 0.25) is 0 Å². The Morgan fingerprint density at radius 3 is 2.62 bits per heavy atom. The molecule has 0 atom stereocenters. The number of aromatic nitrogens is 1. The Labute approximate surface area is 110 Å². The Morgan fingerprint density at radius 2 is 2.19 bits per heavy atom. The smallest absolute Gasteiger partial charge is 0.0276 e. The number of nitrogens with zero attached hydrogens (tertiary/aromatic N) is 2. The van der Waals surface area contributed by atoms with E-state index in [9.17, 15) is 0 Å². The van der Waals surface area contributed by atoms with Crippen LogP contribution in [0.5, 0.6) is 0 Å². The van der Waals surface area contributed by atoms with Gasteiger partial charge in [0, 0.05) is 31.8 Å². The van der Waals surface area contributed by atoms with Gasteiger partial charge in [-0.15, -0.1) is 5.56 Å². The number of allylic oxidation sites excluding steroid dienone is 3. The second-order valence-corrected chi connectivity index (χ2v) is 2.42. The molecule has 2 nitrogen and oxygen atoms in total. The van der Waals surface area contributed by atoms with Crippen molar-refractivity contribution in [3.63, 3.8) is 0 Å². The average molecular weight is 252 g/mol. The molecule has 0 saturated carbocycles. The van der Waals surface area contributed by atoms with Gasteiger partial charge in [0.25, 0.3) is 0 Å². The SMILES string of the molecule is C=C/C=C(\C=NC)c1c[c-]cnc1.CC.[V]. The molecule has 0 unspecified atom stereocenters. The van der Waals surface area contributed by atoms with E-state index in [1.807, 2.05) is 26.0 Å². The predicted molar refractivity (Wildman–Crippen MR) is 67.0 cm³/mol. The van der Waals surface area contributed by atoms with E-state index in [0.29, 0.717) is 0 Å². The predicted octanol–water partition coefficient (Wildman–Crippen LogP) is 3.18. The van der Waals surface area contributed by atoms with Crippen LogP contribution in [0, 0.1) is 6.07 Å². The van der Waals surface area contributed by atoms with Crippen molar-refractivity contribution in [1.29, 1.82) is 0 Å². The molecule has 0 amide bonds. The van der Waals surface area contributed by atoms with Gasteiger partial charge >= 0.3 is 0 Å². The van der Waals surface area contributed by atoms with Gasteiger partial charge in [-0.3, -0.25) is 4.99 Å². The summed E-state index contributed by atoms with van der Waals surface area (Å²) in [6.07, 6.45) is 8.78. The van der Waals surface area contributed by atoms with Crippen LogP contribution < -0.4 is 0 Å². The first kappa shape index (κ1) is 17.3. The molecule has 0 N–H and O–H groups in total. The Kier molecular flexibility index (Phi) is 12.9. The fraction of sp³-hybridized carbons (Fsp3) is 0.231. The van der Waals surface area contributed by atoms with Crippen LogP contribution in [-0.2, 0) is 18.6 Å². The first-order chi connectivity index (χ1) is 7.38. The summed E-state index contributed by atoms with van der Waals surface area (Å²) in [4.78, 5) is 7.93. The first-order valence-electron chi connectivity index (χ1n) is 4.95. The summed E-state index contributed by atoms with van der Waals surface area (Å²) in [5.41, 5.74) is 1.98. The second-order valence-electron chi connectivity index (χ2n) is 2.42. The maximum Gasteiger partial charge on any atom is 0.0276 e. The van der Waals surface area contributed by atoms with Crippen LogP contribution in [-0.4, -0.2) is 18.2 Å². The van der Waals surface area contributed by atoms with Crippen molar-refractivity contribution >= 4 is 11.8 Å². The minimum absolute atomic E-state index is 0. The Hall–Kier alpha value is -1.12. The normalized spacial score (nSPS) is 10.1. The molecule has 1 aromatic heterocycles. The molecule has 0 aromatic carbocycles. The van der Waals surface area contributed by atoms with Crippen molar-refractivity contribution in [3.8, 4) is 0 Å². The van der Waals surface area contributed by atoms with Crippen LogP contribution in [0.1, 0.15) is 19.4 Å². The molecule has 1 radical (unpaired) electrons. The second kappa shape index (κ2) is 12.0. The molecule has 1 rings (SSSR count). The molecule has 0 fully saturated rings. The van der Waals surface area contributed by atoms with Crippen LogP contribution in [0.2, 0.25) is 0 Å². The van der Waals surface area contributed by atoms with Gasteiger partial charge in [0.1, 0.15) is 0 Å². The minimum Gasteiger partial charge on any atom is -0.303 e. The fourth-order valence-electron chi connectivity index (χ4n) is 0.963. The van der Waals surface area contributed by atoms with E-state index in [1.165, 1.54) is 0 Å². The zero-order valence-electron chi connectivity index (χ0n) is 10.0. The third-order valence-corrected chi connectivity index (χ3v) is 1.50. The van der Waals surface area contributed by atoms with Gasteiger partial charge in [0.15, 0.2) is 0 Å². The van der Waals surface area contributed by atoms with Crippen LogP contribution in [0.25, 0.3) is 5.57 Å². The minimum atomic E-state index is 0. The summed E-state index contributed by atoms with van der Waals surface area (Å²) in [5.74, 6) is 0. The Morgan fingerprint density at radius 1 is 1.50 bits per heavy atom. The van der Waals surface area contributed by atoms with Crippen molar-refractivity contribution in [2.75, 3.05) is 7.05 Å². The first-order valence-corrected chi connectivity index (χ1v) is 4.95. The number of aliphatic imine (C=N–C) groups is 1. The molecular weight excluding hydrogens is 235 g/mol. The van der Waals surface area contributed by atoms with Gasteiger partial charge in [0.05, 0.1) is 0 Å². The number of rotatable bonds is 3. The van der Waals surface area contributed by atoms with Gasteiger partial charge in [-0.05, 0) is 6.20 Å². The van der Waals surface area contributed by atoms with Crippen LogP contribution in [0.15, 0.2) is 42.2 Å². The monoisotopic (exact) mass is 252 g/mol. The molecule has 0 aliphatic carbocycles. The van der Waals surface area contributed by atoms with Crippen molar-refractivity contribution in [1.82, 2.24) is 4.98 Å². The molecule has 0 saturated heterocycles.